The van der Waals surface area contributed by atoms with Gasteiger partial charge in [0.25, 0.3) is 5.56 Å². The van der Waals surface area contributed by atoms with E-state index in [1.807, 2.05) is 18.2 Å². The predicted molar refractivity (Wildman–Crippen MR) is 141 cm³/mol. The standard InChI is InChI=1S/C27H29ClN6O2/c1-3-4-18-11-17(6-5-16(18)2)13-30-25-27(36)34-22(24(28)33-25)7-8-23(34)26(35)31-15-20-12-19-14-29-10-9-21(19)32-20/h5-6,9-12,14,23,32H,3-4,7-8,13,15H2,1-2H3,(H,30,33)(H,31,35). The Labute approximate surface area is 214 Å². The highest BCUT2D eigenvalue weighted by Gasteiger charge is 2.32. The molecule has 8 nitrogen and oxygen atoms in total. The molecule has 1 amide bonds. The molecule has 0 fully saturated rings. The minimum atomic E-state index is -0.630. The number of aromatic amines is 1. The molecule has 0 bridgehead atoms. The van der Waals surface area contributed by atoms with Gasteiger partial charge in [0, 0.05) is 35.5 Å². The Bertz CT molecular complexity index is 1460. The van der Waals surface area contributed by atoms with Gasteiger partial charge in [-0.05, 0) is 55.0 Å². The number of nitrogens with one attached hydrogen (secondary N) is 3. The quantitative estimate of drug-likeness (QED) is 0.329. The number of hydrogen-bond acceptors (Lipinski definition) is 5. The second kappa shape index (κ2) is 10.1. The lowest BCUT2D eigenvalue weighted by atomic mass is 10.0. The molecule has 0 spiro atoms. The van der Waals surface area contributed by atoms with Crippen molar-refractivity contribution in [3.8, 4) is 0 Å². The number of hydrogen-bond donors (Lipinski definition) is 3. The van der Waals surface area contributed by atoms with Crippen LogP contribution in [0.5, 0.6) is 0 Å². The number of nitrogens with zero attached hydrogens (tertiary/aromatic N) is 3. The molecule has 9 heteroatoms. The monoisotopic (exact) mass is 504 g/mol. The van der Waals surface area contributed by atoms with Gasteiger partial charge in [-0.15, -0.1) is 0 Å². The summed E-state index contributed by atoms with van der Waals surface area (Å²) in [5, 5.41) is 7.34. The summed E-state index contributed by atoms with van der Waals surface area (Å²) in [4.78, 5) is 38.2. The fraction of sp³-hybridized carbons (Fsp3) is 0.333. The van der Waals surface area contributed by atoms with Crippen LogP contribution in [0.1, 0.15) is 53.9 Å². The molecule has 3 aromatic heterocycles. The molecule has 186 valence electrons. The van der Waals surface area contributed by atoms with Crippen molar-refractivity contribution in [2.75, 3.05) is 5.32 Å². The molecule has 0 aliphatic carbocycles. The Balaban J connectivity index is 1.32. The lowest BCUT2D eigenvalue weighted by molar-refractivity contribution is -0.124. The van der Waals surface area contributed by atoms with Gasteiger partial charge in [-0.1, -0.05) is 43.1 Å². The maximum absolute atomic E-state index is 13.4. The molecule has 0 saturated heterocycles. The summed E-state index contributed by atoms with van der Waals surface area (Å²) in [7, 11) is 0. The van der Waals surface area contributed by atoms with E-state index in [0.29, 0.717) is 31.6 Å². The lowest BCUT2D eigenvalue weighted by Gasteiger charge is -2.16. The van der Waals surface area contributed by atoms with Gasteiger partial charge in [-0.3, -0.25) is 19.1 Å². The SMILES string of the molecule is CCCc1cc(CNc2nc(Cl)c3n(c2=O)C(C(=O)NCc2cc4cnccc4[nH]2)CC3)ccc1C. The van der Waals surface area contributed by atoms with Crippen molar-refractivity contribution in [3.05, 3.63) is 86.3 Å². The Hall–Kier alpha value is -3.65. The Morgan fingerprint density at radius 1 is 1.25 bits per heavy atom. The van der Waals surface area contributed by atoms with Gasteiger partial charge >= 0.3 is 0 Å². The number of benzene rings is 1. The van der Waals surface area contributed by atoms with Crippen LogP contribution < -0.4 is 16.2 Å². The zero-order valence-corrected chi connectivity index (χ0v) is 21.2. The highest BCUT2D eigenvalue weighted by atomic mass is 35.5. The maximum atomic E-state index is 13.4. The minimum Gasteiger partial charge on any atom is -0.361 e. The van der Waals surface area contributed by atoms with E-state index < -0.39 is 6.04 Å². The van der Waals surface area contributed by atoms with Gasteiger partial charge in [-0.25, -0.2) is 4.98 Å². The van der Waals surface area contributed by atoms with Crippen LogP contribution in [0, 0.1) is 6.92 Å². The van der Waals surface area contributed by atoms with Crippen LogP contribution in [-0.4, -0.2) is 25.4 Å². The molecule has 1 atom stereocenters. The van der Waals surface area contributed by atoms with Crippen LogP contribution in [0.25, 0.3) is 10.9 Å². The van der Waals surface area contributed by atoms with E-state index in [1.54, 1.807) is 12.4 Å². The summed E-state index contributed by atoms with van der Waals surface area (Å²) in [5.41, 5.74) is 5.73. The van der Waals surface area contributed by atoms with Gasteiger partial charge < -0.3 is 15.6 Å². The fourth-order valence-corrected chi connectivity index (χ4v) is 5.12. The summed E-state index contributed by atoms with van der Waals surface area (Å²) in [5.74, 6) is -0.0622. The average molecular weight is 505 g/mol. The smallest absolute Gasteiger partial charge is 0.294 e. The van der Waals surface area contributed by atoms with E-state index in [9.17, 15) is 9.59 Å². The van der Waals surface area contributed by atoms with Gasteiger partial charge in [0.15, 0.2) is 11.0 Å². The van der Waals surface area contributed by atoms with Crippen molar-refractivity contribution in [2.45, 2.75) is 58.7 Å². The number of aryl methyl sites for hydroxylation is 2. The molecule has 1 aromatic carbocycles. The summed E-state index contributed by atoms with van der Waals surface area (Å²) in [6, 6.07) is 9.52. The van der Waals surface area contributed by atoms with Crippen molar-refractivity contribution >= 4 is 34.2 Å². The molecular weight excluding hydrogens is 476 g/mol. The molecule has 0 radical (unpaired) electrons. The van der Waals surface area contributed by atoms with Crippen molar-refractivity contribution in [2.24, 2.45) is 0 Å². The third-order valence-corrected chi connectivity index (χ3v) is 7.05. The van der Waals surface area contributed by atoms with Crippen LogP contribution in [0.15, 0.2) is 47.5 Å². The van der Waals surface area contributed by atoms with Crippen LogP contribution in [0.2, 0.25) is 5.15 Å². The number of carbonyl (C=O) groups is 1. The second-order valence-electron chi connectivity index (χ2n) is 9.27. The molecule has 3 N–H and O–H groups in total. The Morgan fingerprint density at radius 3 is 2.92 bits per heavy atom. The number of halogens is 1. The van der Waals surface area contributed by atoms with Gasteiger partial charge in [0.2, 0.25) is 5.91 Å². The number of H-pyrrole nitrogens is 1. The number of anilines is 1. The summed E-state index contributed by atoms with van der Waals surface area (Å²) < 4.78 is 1.50. The van der Waals surface area contributed by atoms with E-state index in [-0.39, 0.29) is 22.4 Å². The maximum Gasteiger partial charge on any atom is 0.294 e. The van der Waals surface area contributed by atoms with Gasteiger partial charge in [0.05, 0.1) is 12.2 Å². The molecule has 4 aromatic rings. The zero-order valence-electron chi connectivity index (χ0n) is 20.4. The van der Waals surface area contributed by atoms with Crippen molar-refractivity contribution in [3.63, 3.8) is 0 Å². The molecule has 1 aliphatic rings. The zero-order chi connectivity index (χ0) is 25.2. The fourth-order valence-electron chi connectivity index (χ4n) is 4.85. The van der Waals surface area contributed by atoms with Crippen LogP contribution in [-0.2, 0) is 30.7 Å². The Kier molecular flexibility index (Phi) is 6.78. The third kappa shape index (κ3) is 4.73. The molecule has 5 rings (SSSR count). The van der Waals surface area contributed by atoms with Gasteiger partial charge in [-0.2, -0.15) is 0 Å². The van der Waals surface area contributed by atoms with E-state index >= 15 is 0 Å². The number of amides is 1. The van der Waals surface area contributed by atoms with Crippen molar-refractivity contribution in [1.29, 1.82) is 0 Å². The number of aromatic nitrogens is 4. The molecule has 4 heterocycles. The predicted octanol–water partition coefficient (Wildman–Crippen LogP) is 4.45. The number of fused-ring (bicyclic) bond motifs is 2. The third-order valence-electron chi connectivity index (χ3n) is 6.75. The van der Waals surface area contributed by atoms with E-state index in [1.165, 1.54) is 15.7 Å². The normalized spacial score (nSPS) is 14.7. The molecular formula is C27H29ClN6O2. The summed E-state index contributed by atoms with van der Waals surface area (Å²) in [6.07, 6.45) is 6.60. The first kappa shape index (κ1) is 24.1. The summed E-state index contributed by atoms with van der Waals surface area (Å²) >= 11 is 6.45. The first-order valence-electron chi connectivity index (χ1n) is 12.3. The van der Waals surface area contributed by atoms with Crippen LogP contribution >= 0.6 is 11.6 Å². The highest BCUT2D eigenvalue weighted by molar-refractivity contribution is 6.30. The molecule has 0 saturated carbocycles. The minimum absolute atomic E-state index is 0.157. The number of rotatable bonds is 8. The molecule has 36 heavy (non-hydrogen) atoms. The Morgan fingerprint density at radius 2 is 2.11 bits per heavy atom. The molecule has 1 aliphatic heterocycles. The first-order valence-corrected chi connectivity index (χ1v) is 12.6. The van der Waals surface area contributed by atoms with E-state index in [0.717, 1.165) is 35.0 Å². The average Bonchev–Trinajstić information content (AvgIpc) is 3.51. The number of pyridine rings is 1. The topological polar surface area (TPSA) is 105 Å². The lowest BCUT2D eigenvalue weighted by Crippen LogP contribution is -2.36. The largest absolute Gasteiger partial charge is 0.361 e. The van der Waals surface area contributed by atoms with Crippen LogP contribution in [0.3, 0.4) is 0 Å². The second-order valence-corrected chi connectivity index (χ2v) is 9.63. The van der Waals surface area contributed by atoms with E-state index in [2.05, 4.69) is 51.6 Å². The van der Waals surface area contributed by atoms with Crippen LogP contribution in [0.4, 0.5) is 5.82 Å². The first-order chi connectivity index (χ1) is 17.4. The highest BCUT2D eigenvalue weighted by Crippen LogP contribution is 2.29. The van der Waals surface area contributed by atoms with Gasteiger partial charge in [0.1, 0.15) is 6.04 Å². The van der Waals surface area contributed by atoms with Crippen molar-refractivity contribution in [1.82, 2.24) is 24.8 Å². The van der Waals surface area contributed by atoms with E-state index in [4.69, 9.17) is 11.6 Å². The molecule has 1 unspecified atom stereocenters. The number of carbonyl (C=O) groups excluding carboxylic acids is 1. The van der Waals surface area contributed by atoms with Crippen molar-refractivity contribution < 1.29 is 4.79 Å². The summed E-state index contributed by atoms with van der Waals surface area (Å²) in [6.45, 7) is 5.04.